The SMILES string of the molecule is Cc1nc([C@@H]2CCCCN2C(=O)c2cc(F)c(C)cc2F)n[nH]1. The summed E-state index contributed by atoms with van der Waals surface area (Å²) in [5.74, 6) is -0.635. The number of nitrogens with zero attached hydrogens (tertiary/aromatic N) is 3. The number of amides is 1. The molecule has 7 heteroatoms. The van der Waals surface area contributed by atoms with Crippen LogP contribution in [0.15, 0.2) is 12.1 Å². The number of benzene rings is 1. The van der Waals surface area contributed by atoms with E-state index in [1.54, 1.807) is 11.8 Å². The smallest absolute Gasteiger partial charge is 0.257 e. The summed E-state index contributed by atoms with van der Waals surface area (Å²) < 4.78 is 27.9. The number of rotatable bonds is 2. The lowest BCUT2D eigenvalue weighted by molar-refractivity contribution is 0.0595. The van der Waals surface area contributed by atoms with E-state index >= 15 is 0 Å². The summed E-state index contributed by atoms with van der Waals surface area (Å²) in [6.07, 6.45) is 2.47. The number of halogens is 2. The molecule has 1 fully saturated rings. The van der Waals surface area contributed by atoms with Crippen molar-refractivity contribution >= 4 is 5.91 Å². The Bertz CT molecular complexity index is 744. The van der Waals surface area contributed by atoms with Gasteiger partial charge in [0.25, 0.3) is 5.91 Å². The fourth-order valence-electron chi connectivity index (χ4n) is 2.92. The van der Waals surface area contributed by atoms with Crippen molar-refractivity contribution in [3.8, 4) is 0 Å². The van der Waals surface area contributed by atoms with Crippen molar-refractivity contribution in [2.45, 2.75) is 39.2 Å². The van der Waals surface area contributed by atoms with Crippen LogP contribution in [0.2, 0.25) is 0 Å². The molecule has 1 aromatic carbocycles. The molecule has 23 heavy (non-hydrogen) atoms. The van der Waals surface area contributed by atoms with Crippen molar-refractivity contribution in [1.29, 1.82) is 0 Å². The Hall–Kier alpha value is -2.31. The van der Waals surface area contributed by atoms with Crippen molar-refractivity contribution in [2.24, 2.45) is 0 Å². The van der Waals surface area contributed by atoms with Crippen molar-refractivity contribution in [1.82, 2.24) is 20.1 Å². The highest BCUT2D eigenvalue weighted by Crippen LogP contribution is 2.31. The lowest BCUT2D eigenvalue weighted by atomic mass is 9.99. The van der Waals surface area contributed by atoms with Gasteiger partial charge < -0.3 is 4.90 Å². The number of likely N-dealkylation sites (tertiary alicyclic amines) is 1. The molecule has 0 bridgehead atoms. The summed E-state index contributed by atoms with van der Waals surface area (Å²) >= 11 is 0. The van der Waals surface area contributed by atoms with E-state index in [-0.39, 0.29) is 17.2 Å². The number of aromatic nitrogens is 3. The molecule has 1 atom stereocenters. The molecule has 2 heterocycles. The molecular weight excluding hydrogens is 302 g/mol. The number of carbonyl (C=O) groups is 1. The number of aromatic amines is 1. The summed E-state index contributed by atoms with van der Waals surface area (Å²) in [5.41, 5.74) is -0.0638. The molecule has 0 aliphatic carbocycles. The van der Waals surface area contributed by atoms with Crippen LogP contribution < -0.4 is 0 Å². The highest BCUT2D eigenvalue weighted by Gasteiger charge is 2.32. The first-order valence-corrected chi connectivity index (χ1v) is 7.63. The van der Waals surface area contributed by atoms with E-state index in [2.05, 4.69) is 15.2 Å². The van der Waals surface area contributed by atoms with Gasteiger partial charge in [-0.25, -0.2) is 13.8 Å². The van der Waals surface area contributed by atoms with Gasteiger partial charge in [-0.1, -0.05) is 0 Å². The fourth-order valence-corrected chi connectivity index (χ4v) is 2.92. The number of carbonyl (C=O) groups excluding carboxylic acids is 1. The maximum absolute atomic E-state index is 14.1. The largest absolute Gasteiger partial charge is 0.328 e. The van der Waals surface area contributed by atoms with E-state index < -0.39 is 17.5 Å². The predicted octanol–water partition coefficient (Wildman–Crippen LogP) is 3.07. The monoisotopic (exact) mass is 320 g/mol. The summed E-state index contributed by atoms with van der Waals surface area (Å²) in [5, 5.41) is 6.88. The van der Waals surface area contributed by atoms with Gasteiger partial charge >= 0.3 is 0 Å². The maximum atomic E-state index is 14.1. The second-order valence-corrected chi connectivity index (χ2v) is 5.87. The first-order valence-electron chi connectivity index (χ1n) is 7.63. The minimum absolute atomic E-state index is 0.179. The van der Waals surface area contributed by atoms with Gasteiger partial charge in [0.1, 0.15) is 17.5 Å². The molecule has 1 saturated heterocycles. The van der Waals surface area contributed by atoms with E-state index in [4.69, 9.17) is 0 Å². The minimum atomic E-state index is -0.704. The second kappa shape index (κ2) is 6.06. The quantitative estimate of drug-likeness (QED) is 0.925. The molecule has 0 unspecified atom stereocenters. The van der Waals surface area contributed by atoms with Crippen molar-refractivity contribution in [3.63, 3.8) is 0 Å². The van der Waals surface area contributed by atoms with Crippen LogP contribution in [0, 0.1) is 25.5 Å². The second-order valence-electron chi connectivity index (χ2n) is 5.87. The molecule has 122 valence electrons. The summed E-state index contributed by atoms with van der Waals surface area (Å²) in [6.45, 7) is 3.72. The van der Waals surface area contributed by atoms with Crippen molar-refractivity contribution in [3.05, 3.63) is 46.5 Å². The Kier molecular flexibility index (Phi) is 4.11. The number of nitrogens with one attached hydrogen (secondary N) is 1. The maximum Gasteiger partial charge on any atom is 0.257 e. The summed E-state index contributed by atoms with van der Waals surface area (Å²) in [7, 11) is 0. The molecule has 2 aromatic rings. The number of piperidine rings is 1. The van der Waals surface area contributed by atoms with E-state index in [0.29, 0.717) is 24.6 Å². The van der Waals surface area contributed by atoms with Crippen LogP contribution in [0.3, 0.4) is 0 Å². The number of H-pyrrole nitrogens is 1. The number of aryl methyl sites for hydroxylation is 2. The average molecular weight is 320 g/mol. The third kappa shape index (κ3) is 2.95. The normalized spacial score (nSPS) is 18.3. The fraction of sp³-hybridized carbons (Fsp3) is 0.438. The zero-order valence-corrected chi connectivity index (χ0v) is 13.1. The third-order valence-corrected chi connectivity index (χ3v) is 4.15. The lowest BCUT2D eigenvalue weighted by Crippen LogP contribution is -2.39. The number of hydrogen-bond acceptors (Lipinski definition) is 3. The van der Waals surface area contributed by atoms with Crippen LogP contribution in [0.4, 0.5) is 8.78 Å². The molecule has 1 amide bonds. The van der Waals surface area contributed by atoms with Crippen LogP contribution in [-0.2, 0) is 0 Å². The standard InChI is InChI=1S/C16H18F2N4O/c1-9-7-13(18)11(8-12(9)17)16(23)22-6-4-3-5-14(22)15-19-10(2)20-21-15/h7-8,14H,3-6H2,1-2H3,(H,19,20,21)/t14-/m0/s1. The van der Waals surface area contributed by atoms with Gasteiger partial charge in [-0.15, -0.1) is 0 Å². The Labute approximate surface area is 132 Å². The van der Waals surface area contributed by atoms with Gasteiger partial charge in [0.2, 0.25) is 0 Å². The molecule has 3 rings (SSSR count). The molecule has 1 N–H and O–H groups in total. The highest BCUT2D eigenvalue weighted by atomic mass is 19.1. The summed E-state index contributed by atoms with van der Waals surface area (Å²) in [6, 6.07) is 1.71. The van der Waals surface area contributed by atoms with Gasteiger partial charge in [0, 0.05) is 6.54 Å². The van der Waals surface area contributed by atoms with E-state index in [0.717, 1.165) is 25.0 Å². The topological polar surface area (TPSA) is 61.9 Å². The van der Waals surface area contributed by atoms with Gasteiger partial charge in [-0.05, 0) is 50.8 Å². The zero-order chi connectivity index (χ0) is 16.6. The van der Waals surface area contributed by atoms with Crippen LogP contribution in [0.25, 0.3) is 0 Å². The number of hydrogen-bond donors (Lipinski definition) is 1. The first-order chi connectivity index (χ1) is 11.0. The van der Waals surface area contributed by atoms with Crippen molar-refractivity contribution in [2.75, 3.05) is 6.54 Å². The van der Waals surface area contributed by atoms with Crippen LogP contribution >= 0.6 is 0 Å². The van der Waals surface area contributed by atoms with Crippen LogP contribution in [0.1, 0.15) is 52.9 Å². The molecule has 0 radical (unpaired) electrons. The molecule has 0 saturated carbocycles. The minimum Gasteiger partial charge on any atom is -0.328 e. The summed E-state index contributed by atoms with van der Waals surface area (Å²) in [4.78, 5) is 18.6. The van der Waals surface area contributed by atoms with Crippen molar-refractivity contribution < 1.29 is 13.6 Å². The Morgan fingerprint density at radius 1 is 1.26 bits per heavy atom. The van der Waals surface area contributed by atoms with Crippen LogP contribution in [0.5, 0.6) is 0 Å². The molecule has 0 spiro atoms. The van der Waals surface area contributed by atoms with Crippen LogP contribution in [-0.4, -0.2) is 32.5 Å². The molecule has 5 nitrogen and oxygen atoms in total. The van der Waals surface area contributed by atoms with Gasteiger partial charge in [-0.3, -0.25) is 9.89 Å². The Morgan fingerprint density at radius 3 is 2.74 bits per heavy atom. The van der Waals surface area contributed by atoms with Gasteiger partial charge in [0.15, 0.2) is 5.82 Å². The average Bonchev–Trinajstić information content (AvgIpc) is 2.96. The first kappa shape index (κ1) is 15.6. The zero-order valence-electron chi connectivity index (χ0n) is 13.1. The highest BCUT2D eigenvalue weighted by molar-refractivity contribution is 5.95. The molecular formula is C16H18F2N4O. The van der Waals surface area contributed by atoms with E-state index in [1.807, 2.05) is 0 Å². The van der Waals surface area contributed by atoms with Gasteiger partial charge in [-0.2, -0.15) is 5.10 Å². The van der Waals surface area contributed by atoms with E-state index in [9.17, 15) is 13.6 Å². The molecule has 1 aliphatic rings. The Balaban J connectivity index is 1.94. The third-order valence-electron chi connectivity index (χ3n) is 4.15. The van der Waals surface area contributed by atoms with E-state index in [1.165, 1.54) is 6.92 Å². The molecule has 1 aliphatic heterocycles. The van der Waals surface area contributed by atoms with Gasteiger partial charge in [0.05, 0.1) is 11.6 Å². The predicted molar refractivity (Wildman–Crippen MR) is 79.8 cm³/mol. The molecule has 1 aromatic heterocycles. The lowest BCUT2D eigenvalue weighted by Gasteiger charge is -2.34. The Morgan fingerprint density at radius 2 is 2.04 bits per heavy atom.